The highest BCUT2D eigenvalue weighted by atomic mass is 19.4. The van der Waals surface area contributed by atoms with E-state index >= 15 is 0 Å². The summed E-state index contributed by atoms with van der Waals surface area (Å²) in [4.78, 5) is 3.59. The average Bonchev–Trinajstić information content (AvgIpc) is 2.87. The van der Waals surface area contributed by atoms with Crippen LogP contribution in [0.15, 0.2) is 72.9 Å². The molecule has 0 aliphatic rings. The zero-order valence-electron chi connectivity index (χ0n) is 19.1. The maximum absolute atomic E-state index is 13.0. The summed E-state index contributed by atoms with van der Waals surface area (Å²) in [5.41, 5.74) is -4.53. The van der Waals surface area contributed by atoms with E-state index in [-0.39, 0.29) is 12.4 Å². The molecular weight excluding hydrogens is 500 g/mol. The Morgan fingerprint density at radius 3 is 1.95 bits per heavy atom. The number of hydrogen-bond donors (Lipinski definition) is 3. The van der Waals surface area contributed by atoms with Gasteiger partial charge >= 0.3 is 12.4 Å². The van der Waals surface area contributed by atoms with Crippen LogP contribution in [0.1, 0.15) is 16.8 Å². The van der Waals surface area contributed by atoms with E-state index in [0.29, 0.717) is 31.0 Å². The minimum atomic E-state index is -5.97. The molecule has 3 N–H and O–H groups in total. The van der Waals surface area contributed by atoms with E-state index in [1.165, 1.54) is 0 Å². The summed E-state index contributed by atoms with van der Waals surface area (Å²) in [5.74, 6) is 0.560. The summed E-state index contributed by atoms with van der Waals surface area (Å²) in [6.45, 7) is 0.520. The first kappa shape index (κ1) is 26.1. The summed E-state index contributed by atoms with van der Waals surface area (Å²) >= 11 is 0. The van der Waals surface area contributed by atoms with E-state index in [1.54, 1.807) is 0 Å². The number of benzene rings is 2. The number of alkyl halides is 6. The second kappa shape index (κ2) is 10.2. The first-order valence-electron chi connectivity index (χ1n) is 11.1. The SMILES string of the molecule is OC(c1ccc(NCCNc2nnc(Cc3ccccc3)c3ccccc23)nc1)(C(F)(F)F)C(F)(F)F. The number of fused-ring (bicyclic) bond motifs is 1. The van der Waals surface area contributed by atoms with Crippen LogP contribution in [-0.2, 0) is 12.0 Å². The fourth-order valence-electron chi connectivity index (χ4n) is 3.78. The molecule has 2 aromatic heterocycles. The third-order valence-electron chi connectivity index (χ3n) is 5.70. The zero-order valence-corrected chi connectivity index (χ0v) is 19.1. The first-order valence-corrected chi connectivity index (χ1v) is 11.1. The molecule has 0 aliphatic carbocycles. The van der Waals surface area contributed by atoms with Crippen molar-refractivity contribution in [2.24, 2.45) is 0 Å². The second-order valence-corrected chi connectivity index (χ2v) is 8.19. The number of rotatable bonds is 8. The molecule has 2 aromatic carbocycles. The van der Waals surface area contributed by atoms with E-state index in [0.717, 1.165) is 28.1 Å². The van der Waals surface area contributed by atoms with Gasteiger partial charge in [-0.3, -0.25) is 0 Å². The molecule has 0 spiro atoms. The van der Waals surface area contributed by atoms with E-state index in [1.807, 2.05) is 54.6 Å². The molecule has 0 fully saturated rings. The van der Waals surface area contributed by atoms with Crippen molar-refractivity contribution in [2.45, 2.75) is 24.4 Å². The highest BCUT2D eigenvalue weighted by Crippen LogP contribution is 2.49. The van der Waals surface area contributed by atoms with E-state index in [2.05, 4.69) is 25.8 Å². The highest BCUT2D eigenvalue weighted by Gasteiger charge is 2.71. The lowest BCUT2D eigenvalue weighted by molar-refractivity contribution is -0.376. The van der Waals surface area contributed by atoms with Gasteiger partial charge in [0.05, 0.1) is 5.69 Å². The number of nitrogens with zero attached hydrogens (tertiary/aromatic N) is 3. The van der Waals surface area contributed by atoms with Gasteiger partial charge in [0, 0.05) is 42.0 Å². The predicted octanol–water partition coefficient (Wildman–Crippen LogP) is 5.45. The summed E-state index contributed by atoms with van der Waals surface area (Å²) in [7, 11) is 0. The van der Waals surface area contributed by atoms with Crippen LogP contribution in [-0.4, -0.2) is 45.7 Å². The Morgan fingerprint density at radius 2 is 1.32 bits per heavy atom. The molecule has 0 saturated heterocycles. The van der Waals surface area contributed by atoms with Crippen molar-refractivity contribution in [3.8, 4) is 0 Å². The molecule has 0 atom stereocenters. The Balaban J connectivity index is 1.41. The van der Waals surface area contributed by atoms with Gasteiger partial charge in [0.1, 0.15) is 5.82 Å². The average molecular weight is 521 g/mol. The number of anilines is 2. The van der Waals surface area contributed by atoms with Crippen molar-refractivity contribution in [1.82, 2.24) is 15.2 Å². The smallest absolute Gasteiger partial charge is 0.369 e. The molecular formula is C25H21F6N5O. The third kappa shape index (κ3) is 5.43. The maximum Gasteiger partial charge on any atom is 0.430 e. The standard InChI is InChI=1S/C25H21F6N5O/c26-24(27,28)23(37,25(29,30)31)17-10-11-21(34-15-17)32-12-13-33-22-19-9-5-4-8-18(19)20(35-36-22)14-16-6-2-1-3-7-16/h1-11,15,37H,12-14H2,(H,32,34)(H,33,36). The first-order chi connectivity index (χ1) is 17.5. The van der Waals surface area contributed by atoms with Crippen molar-refractivity contribution in [3.63, 3.8) is 0 Å². The summed E-state index contributed by atoms with van der Waals surface area (Å²) in [6.07, 6.45) is -11.0. The Morgan fingerprint density at radius 1 is 0.703 bits per heavy atom. The van der Waals surface area contributed by atoms with Crippen LogP contribution in [0.5, 0.6) is 0 Å². The Bertz CT molecular complexity index is 1330. The van der Waals surface area contributed by atoms with Crippen LogP contribution in [0, 0.1) is 0 Å². The Kier molecular flexibility index (Phi) is 7.21. The van der Waals surface area contributed by atoms with E-state index in [9.17, 15) is 31.4 Å². The topological polar surface area (TPSA) is 83.0 Å². The van der Waals surface area contributed by atoms with Gasteiger partial charge in [0.25, 0.3) is 5.60 Å². The van der Waals surface area contributed by atoms with Crippen LogP contribution < -0.4 is 10.6 Å². The van der Waals surface area contributed by atoms with Gasteiger partial charge in [-0.15, -0.1) is 5.10 Å². The minimum absolute atomic E-state index is 0.0337. The van der Waals surface area contributed by atoms with Crippen molar-refractivity contribution < 1.29 is 31.4 Å². The molecule has 194 valence electrons. The van der Waals surface area contributed by atoms with Crippen molar-refractivity contribution in [2.75, 3.05) is 23.7 Å². The lowest BCUT2D eigenvalue weighted by atomic mass is 9.94. The summed E-state index contributed by atoms with van der Waals surface area (Å²) < 4.78 is 78.1. The van der Waals surface area contributed by atoms with Gasteiger partial charge < -0.3 is 15.7 Å². The molecule has 4 aromatic rings. The lowest BCUT2D eigenvalue weighted by Crippen LogP contribution is -2.53. The molecule has 0 saturated carbocycles. The van der Waals surface area contributed by atoms with Gasteiger partial charge in [0.2, 0.25) is 0 Å². The molecule has 2 heterocycles. The molecule has 6 nitrogen and oxygen atoms in total. The fourth-order valence-corrected chi connectivity index (χ4v) is 3.78. The van der Waals surface area contributed by atoms with E-state index < -0.39 is 23.5 Å². The van der Waals surface area contributed by atoms with Crippen molar-refractivity contribution >= 4 is 22.4 Å². The number of aliphatic hydroxyl groups is 1. The number of halogens is 6. The lowest BCUT2D eigenvalue weighted by Gasteiger charge is -2.32. The molecule has 0 aliphatic heterocycles. The number of pyridine rings is 1. The largest absolute Gasteiger partial charge is 0.430 e. The number of nitrogens with one attached hydrogen (secondary N) is 2. The van der Waals surface area contributed by atoms with Gasteiger partial charge in [-0.2, -0.15) is 31.4 Å². The Hall–Kier alpha value is -3.93. The maximum atomic E-state index is 13.0. The summed E-state index contributed by atoms with van der Waals surface area (Å²) in [6, 6.07) is 18.9. The zero-order chi connectivity index (χ0) is 26.7. The molecule has 4 rings (SSSR count). The van der Waals surface area contributed by atoms with Gasteiger partial charge in [-0.25, -0.2) is 4.98 Å². The molecule has 12 heteroatoms. The molecule has 0 unspecified atom stereocenters. The van der Waals surface area contributed by atoms with Gasteiger partial charge in [-0.05, 0) is 11.6 Å². The van der Waals surface area contributed by atoms with Crippen LogP contribution in [0.25, 0.3) is 10.8 Å². The highest BCUT2D eigenvalue weighted by molar-refractivity contribution is 5.93. The van der Waals surface area contributed by atoms with Crippen LogP contribution in [0.2, 0.25) is 0 Å². The minimum Gasteiger partial charge on any atom is -0.369 e. The predicted molar refractivity (Wildman–Crippen MR) is 126 cm³/mol. The van der Waals surface area contributed by atoms with Gasteiger partial charge in [-0.1, -0.05) is 60.7 Å². The van der Waals surface area contributed by atoms with Crippen molar-refractivity contribution in [1.29, 1.82) is 0 Å². The number of aromatic nitrogens is 3. The quantitative estimate of drug-likeness (QED) is 0.211. The number of hydrogen-bond acceptors (Lipinski definition) is 6. The molecule has 37 heavy (non-hydrogen) atoms. The van der Waals surface area contributed by atoms with E-state index in [4.69, 9.17) is 0 Å². The van der Waals surface area contributed by atoms with Crippen LogP contribution in [0.3, 0.4) is 0 Å². The molecule has 0 radical (unpaired) electrons. The monoisotopic (exact) mass is 521 g/mol. The van der Waals surface area contributed by atoms with Gasteiger partial charge in [0.15, 0.2) is 5.82 Å². The normalized spacial score (nSPS) is 12.5. The van der Waals surface area contributed by atoms with Crippen LogP contribution in [0.4, 0.5) is 38.0 Å². The molecule has 0 amide bonds. The van der Waals surface area contributed by atoms with Crippen LogP contribution >= 0.6 is 0 Å². The Labute approximate surface area is 207 Å². The third-order valence-corrected chi connectivity index (χ3v) is 5.70. The summed E-state index contributed by atoms with van der Waals surface area (Å²) in [5, 5.41) is 25.8. The van der Waals surface area contributed by atoms with Crippen molar-refractivity contribution in [3.05, 3.63) is 89.7 Å². The fraction of sp³-hybridized carbons (Fsp3) is 0.240. The second-order valence-electron chi connectivity index (χ2n) is 8.19. The molecule has 0 bridgehead atoms.